The smallest absolute Gasteiger partial charge is 0.194 e. The number of aliphatic imine (C=N–C) groups is 1. The number of hydrogen-bond acceptors (Lipinski definition) is 4. The Kier molecular flexibility index (Phi) is 4.19. The summed E-state index contributed by atoms with van der Waals surface area (Å²) in [5.41, 5.74) is 0. The number of hydrogen-bond donors (Lipinski definition) is 1. The van der Waals surface area contributed by atoms with Gasteiger partial charge in [0.05, 0.1) is 6.54 Å². The summed E-state index contributed by atoms with van der Waals surface area (Å²) in [6.45, 7) is 4.92. The molecule has 0 amide bonds. The normalized spacial score (nSPS) is 23.2. The monoisotopic (exact) mass is 289 g/mol. The van der Waals surface area contributed by atoms with E-state index in [1.54, 1.807) is 11.0 Å². The fourth-order valence-corrected chi connectivity index (χ4v) is 3.00. The molecule has 1 unspecified atom stereocenters. The minimum Gasteiger partial charge on any atom is -0.349 e. The highest BCUT2D eigenvalue weighted by Gasteiger charge is 2.29. The van der Waals surface area contributed by atoms with Gasteiger partial charge in [0, 0.05) is 46.3 Å². The van der Waals surface area contributed by atoms with E-state index in [0.717, 1.165) is 38.0 Å². The third kappa shape index (κ3) is 3.07. The van der Waals surface area contributed by atoms with E-state index in [4.69, 9.17) is 0 Å². The number of nitrogens with one attached hydrogen (secondary N) is 1. The molecule has 1 atom stereocenters. The average molecular weight is 289 g/mol. The van der Waals surface area contributed by atoms with Crippen molar-refractivity contribution < 1.29 is 0 Å². The van der Waals surface area contributed by atoms with E-state index in [0.29, 0.717) is 12.6 Å². The molecule has 1 fully saturated rings. The van der Waals surface area contributed by atoms with Gasteiger partial charge in [0.2, 0.25) is 0 Å². The molecule has 1 saturated heterocycles. The number of likely N-dealkylation sites (tertiary alicyclic amines) is 1. The molecule has 2 aliphatic heterocycles. The van der Waals surface area contributed by atoms with Crippen LogP contribution >= 0.6 is 0 Å². The molecule has 0 saturated carbocycles. The molecule has 3 rings (SSSR count). The Bertz CT molecular complexity index is 525. The summed E-state index contributed by atoms with van der Waals surface area (Å²) in [6.07, 6.45) is 7.28. The van der Waals surface area contributed by atoms with Crippen molar-refractivity contribution >= 4 is 5.96 Å². The minimum absolute atomic E-state index is 0.633. The van der Waals surface area contributed by atoms with Gasteiger partial charge in [0.25, 0.3) is 0 Å². The van der Waals surface area contributed by atoms with Gasteiger partial charge in [-0.1, -0.05) is 12.2 Å². The van der Waals surface area contributed by atoms with Gasteiger partial charge in [-0.3, -0.25) is 14.6 Å². The molecule has 1 aromatic rings. The van der Waals surface area contributed by atoms with Crippen molar-refractivity contribution in [2.75, 3.05) is 33.2 Å². The van der Waals surface area contributed by atoms with E-state index in [-0.39, 0.29) is 0 Å². The molecule has 7 heteroatoms. The molecule has 0 radical (unpaired) electrons. The first kappa shape index (κ1) is 14.1. The van der Waals surface area contributed by atoms with Crippen molar-refractivity contribution in [2.45, 2.75) is 19.0 Å². The quantitative estimate of drug-likeness (QED) is 0.476. The van der Waals surface area contributed by atoms with E-state index >= 15 is 0 Å². The Morgan fingerprint density at radius 3 is 2.90 bits per heavy atom. The Morgan fingerprint density at radius 1 is 1.43 bits per heavy atom. The predicted molar refractivity (Wildman–Crippen MR) is 81.9 cm³/mol. The highest BCUT2D eigenvalue weighted by atomic mass is 15.4. The zero-order valence-electron chi connectivity index (χ0n) is 12.7. The van der Waals surface area contributed by atoms with Crippen LogP contribution in [-0.4, -0.2) is 69.8 Å². The fourth-order valence-electron chi connectivity index (χ4n) is 3.00. The SMILES string of the molecule is CN=C(NCc1ncnn1C)N1CCC(N2CC=CC2)C1. The van der Waals surface area contributed by atoms with Crippen molar-refractivity contribution in [1.82, 2.24) is 29.9 Å². The third-order valence-corrected chi connectivity index (χ3v) is 4.25. The van der Waals surface area contributed by atoms with E-state index in [1.165, 1.54) is 6.42 Å². The molecule has 21 heavy (non-hydrogen) atoms. The van der Waals surface area contributed by atoms with E-state index in [2.05, 4.69) is 42.3 Å². The number of rotatable bonds is 3. The van der Waals surface area contributed by atoms with Crippen LogP contribution in [0.25, 0.3) is 0 Å². The van der Waals surface area contributed by atoms with Gasteiger partial charge < -0.3 is 10.2 Å². The molecule has 114 valence electrons. The highest BCUT2D eigenvalue weighted by Crippen LogP contribution is 2.17. The van der Waals surface area contributed by atoms with Gasteiger partial charge in [0.1, 0.15) is 12.2 Å². The first-order chi connectivity index (χ1) is 10.3. The average Bonchev–Trinajstić information content (AvgIpc) is 3.20. The lowest BCUT2D eigenvalue weighted by Gasteiger charge is -2.25. The lowest BCUT2D eigenvalue weighted by Crippen LogP contribution is -2.42. The van der Waals surface area contributed by atoms with Crippen LogP contribution < -0.4 is 5.32 Å². The minimum atomic E-state index is 0.633. The summed E-state index contributed by atoms with van der Waals surface area (Å²) in [7, 11) is 3.74. The second-order valence-electron chi connectivity index (χ2n) is 5.51. The standard InChI is InChI=1S/C14H23N7/c1-15-14(16-9-13-17-11-18-19(13)2)21-8-5-12(10-21)20-6-3-4-7-20/h3-4,11-12H,5-10H2,1-2H3,(H,15,16). The Balaban J connectivity index is 1.54. The molecule has 1 aromatic heterocycles. The molecular formula is C14H23N7. The van der Waals surface area contributed by atoms with Crippen LogP contribution in [0, 0.1) is 0 Å². The molecule has 0 aliphatic carbocycles. The van der Waals surface area contributed by atoms with Crippen LogP contribution in [0.1, 0.15) is 12.2 Å². The van der Waals surface area contributed by atoms with Crippen LogP contribution in [-0.2, 0) is 13.6 Å². The third-order valence-electron chi connectivity index (χ3n) is 4.25. The van der Waals surface area contributed by atoms with Crippen molar-refractivity contribution in [1.29, 1.82) is 0 Å². The summed E-state index contributed by atoms with van der Waals surface area (Å²) < 4.78 is 1.78. The summed E-state index contributed by atoms with van der Waals surface area (Å²) in [5.74, 6) is 1.86. The van der Waals surface area contributed by atoms with Gasteiger partial charge in [-0.25, -0.2) is 4.98 Å². The van der Waals surface area contributed by atoms with Crippen LogP contribution in [0.2, 0.25) is 0 Å². The first-order valence-corrected chi connectivity index (χ1v) is 7.45. The van der Waals surface area contributed by atoms with E-state index in [1.807, 2.05) is 14.1 Å². The van der Waals surface area contributed by atoms with Crippen molar-refractivity contribution in [3.05, 3.63) is 24.3 Å². The van der Waals surface area contributed by atoms with Crippen LogP contribution in [0.3, 0.4) is 0 Å². The molecular weight excluding hydrogens is 266 g/mol. The van der Waals surface area contributed by atoms with Gasteiger partial charge in [-0.05, 0) is 6.42 Å². The summed E-state index contributed by atoms with van der Waals surface area (Å²) in [6, 6.07) is 0.633. The first-order valence-electron chi connectivity index (χ1n) is 7.45. The zero-order chi connectivity index (χ0) is 14.7. The predicted octanol–water partition coefficient (Wildman–Crippen LogP) is -0.163. The van der Waals surface area contributed by atoms with Crippen LogP contribution in [0.15, 0.2) is 23.5 Å². The maximum atomic E-state index is 4.40. The van der Waals surface area contributed by atoms with Gasteiger partial charge >= 0.3 is 0 Å². The second kappa shape index (κ2) is 6.26. The molecule has 0 spiro atoms. The maximum absolute atomic E-state index is 4.40. The van der Waals surface area contributed by atoms with Crippen LogP contribution in [0.4, 0.5) is 0 Å². The number of aryl methyl sites for hydroxylation is 1. The lowest BCUT2D eigenvalue weighted by molar-refractivity contribution is 0.259. The summed E-state index contributed by atoms with van der Waals surface area (Å²) in [4.78, 5) is 13.5. The largest absolute Gasteiger partial charge is 0.349 e. The number of nitrogens with zero attached hydrogens (tertiary/aromatic N) is 6. The Hall–Kier alpha value is -1.89. The second-order valence-corrected chi connectivity index (χ2v) is 5.51. The Morgan fingerprint density at radius 2 is 2.24 bits per heavy atom. The maximum Gasteiger partial charge on any atom is 0.194 e. The molecule has 3 heterocycles. The van der Waals surface area contributed by atoms with Gasteiger partial charge in [0.15, 0.2) is 5.96 Å². The molecule has 0 bridgehead atoms. The zero-order valence-corrected chi connectivity index (χ0v) is 12.7. The molecule has 0 aromatic carbocycles. The van der Waals surface area contributed by atoms with Gasteiger partial charge in [-0.15, -0.1) is 0 Å². The van der Waals surface area contributed by atoms with Crippen molar-refractivity contribution in [3.63, 3.8) is 0 Å². The lowest BCUT2D eigenvalue weighted by atomic mass is 10.2. The van der Waals surface area contributed by atoms with Gasteiger partial charge in [-0.2, -0.15) is 5.10 Å². The summed E-state index contributed by atoms with van der Waals surface area (Å²) >= 11 is 0. The number of guanidine groups is 1. The number of aromatic nitrogens is 3. The molecule has 1 N–H and O–H groups in total. The summed E-state index contributed by atoms with van der Waals surface area (Å²) in [5, 5.41) is 7.46. The van der Waals surface area contributed by atoms with Crippen molar-refractivity contribution in [3.8, 4) is 0 Å². The topological polar surface area (TPSA) is 61.6 Å². The van der Waals surface area contributed by atoms with E-state index in [9.17, 15) is 0 Å². The fraction of sp³-hybridized carbons (Fsp3) is 0.643. The van der Waals surface area contributed by atoms with Crippen molar-refractivity contribution in [2.24, 2.45) is 12.0 Å². The highest BCUT2D eigenvalue weighted by molar-refractivity contribution is 5.80. The van der Waals surface area contributed by atoms with Crippen LogP contribution in [0.5, 0.6) is 0 Å². The Labute approximate surface area is 125 Å². The molecule has 2 aliphatic rings. The van der Waals surface area contributed by atoms with E-state index < -0.39 is 0 Å². The molecule has 7 nitrogen and oxygen atoms in total.